The van der Waals surface area contributed by atoms with Crippen LogP contribution in [0, 0.1) is 0 Å². The van der Waals surface area contributed by atoms with Crippen molar-refractivity contribution in [3.8, 4) is 11.9 Å². The Kier molecular flexibility index (Phi) is 4.15. The van der Waals surface area contributed by atoms with Gasteiger partial charge in [-0.25, -0.2) is 4.98 Å². The van der Waals surface area contributed by atoms with E-state index in [0.29, 0.717) is 5.56 Å². The standard InChI is InChI=1S/C11H16N2O6/c1-17-10-5(3-12-11(13-10)18-2)9-8(16)7(15)6(4-14)19-9/h3,6-9,14-16H,4H2,1-2H3/t6-,7-,8-,9+/m1/s1. The van der Waals surface area contributed by atoms with Gasteiger partial charge in [-0.2, -0.15) is 4.98 Å². The minimum atomic E-state index is -1.19. The molecule has 0 amide bonds. The Labute approximate surface area is 109 Å². The summed E-state index contributed by atoms with van der Waals surface area (Å²) in [6.07, 6.45) is -2.70. The summed E-state index contributed by atoms with van der Waals surface area (Å²) in [5.74, 6) is 0.182. The topological polar surface area (TPSA) is 114 Å². The minimum absolute atomic E-state index is 0.118. The summed E-state index contributed by atoms with van der Waals surface area (Å²) in [4.78, 5) is 7.89. The largest absolute Gasteiger partial charge is 0.481 e. The van der Waals surface area contributed by atoms with Crippen molar-refractivity contribution in [2.75, 3.05) is 20.8 Å². The van der Waals surface area contributed by atoms with E-state index >= 15 is 0 Å². The van der Waals surface area contributed by atoms with E-state index in [-0.39, 0.29) is 11.9 Å². The lowest BCUT2D eigenvalue weighted by atomic mass is 10.0. The van der Waals surface area contributed by atoms with Crippen molar-refractivity contribution in [3.05, 3.63) is 11.8 Å². The molecule has 106 valence electrons. The Hall–Kier alpha value is -1.48. The number of methoxy groups -OCH3 is 2. The zero-order valence-corrected chi connectivity index (χ0v) is 10.6. The van der Waals surface area contributed by atoms with Gasteiger partial charge in [-0.1, -0.05) is 0 Å². The number of aliphatic hydroxyl groups excluding tert-OH is 3. The molecule has 0 aliphatic carbocycles. The van der Waals surface area contributed by atoms with Crippen molar-refractivity contribution >= 4 is 0 Å². The lowest BCUT2D eigenvalue weighted by molar-refractivity contribution is -0.0236. The molecule has 0 bridgehead atoms. The number of hydrogen-bond acceptors (Lipinski definition) is 8. The van der Waals surface area contributed by atoms with Crippen LogP contribution >= 0.6 is 0 Å². The molecule has 0 radical (unpaired) electrons. The molecule has 2 heterocycles. The molecule has 19 heavy (non-hydrogen) atoms. The van der Waals surface area contributed by atoms with E-state index in [0.717, 1.165) is 0 Å². The molecule has 1 aliphatic heterocycles. The lowest BCUT2D eigenvalue weighted by Crippen LogP contribution is -2.32. The van der Waals surface area contributed by atoms with E-state index in [2.05, 4.69) is 9.97 Å². The zero-order valence-electron chi connectivity index (χ0n) is 10.6. The average molecular weight is 272 g/mol. The van der Waals surface area contributed by atoms with E-state index in [9.17, 15) is 10.2 Å². The summed E-state index contributed by atoms with van der Waals surface area (Å²) in [5, 5.41) is 28.7. The summed E-state index contributed by atoms with van der Waals surface area (Å²) < 4.78 is 15.3. The smallest absolute Gasteiger partial charge is 0.319 e. The van der Waals surface area contributed by atoms with Gasteiger partial charge in [0.2, 0.25) is 5.88 Å². The summed E-state index contributed by atoms with van der Waals surface area (Å²) in [5.41, 5.74) is 0.380. The van der Waals surface area contributed by atoms with E-state index in [1.165, 1.54) is 20.4 Å². The number of hydrogen-bond donors (Lipinski definition) is 3. The van der Waals surface area contributed by atoms with Crippen LogP contribution in [0.25, 0.3) is 0 Å². The van der Waals surface area contributed by atoms with Gasteiger partial charge in [-0.05, 0) is 0 Å². The Morgan fingerprint density at radius 1 is 1.26 bits per heavy atom. The second kappa shape index (κ2) is 5.66. The zero-order chi connectivity index (χ0) is 14.0. The third-order valence-corrected chi connectivity index (χ3v) is 2.98. The highest BCUT2D eigenvalue weighted by atomic mass is 16.6. The van der Waals surface area contributed by atoms with E-state index in [4.69, 9.17) is 19.3 Å². The molecular weight excluding hydrogens is 256 g/mol. The van der Waals surface area contributed by atoms with E-state index in [1.54, 1.807) is 0 Å². The SMILES string of the molecule is COc1ncc([C@@H]2O[C@H](CO)[C@@H](O)[C@H]2O)c(OC)n1. The summed E-state index contributed by atoms with van der Waals surface area (Å²) in [6.45, 7) is -0.395. The van der Waals surface area contributed by atoms with Crippen LogP contribution in [0.15, 0.2) is 6.20 Å². The monoisotopic (exact) mass is 272 g/mol. The van der Waals surface area contributed by atoms with Gasteiger partial charge in [0.25, 0.3) is 0 Å². The number of nitrogens with zero attached hydrogens (tertiary/aromatic N) is 2. The fraction of sp³-hybridized carbons (Fsp3) is 0.636. The summed E-state index contributed by atoms with van der Waals surface area (Å²) in [7, 11) is 2.83. The molecule has 1 aliphatic rings. The second-order valence-electron chi connectivity index (χ2n) is 4.08. The number of ether oxygens (including phenoxy) is 3. The number of aliphatic hydroxyl groups is 3. The Balaban J connectivity index is 2.31. The van der Waals surface area contributed by atoms with Crippen LogP contribution in [-0.4, -0.2) is 64.4 Å². The molecule has 8 heteroatoms. The molecule has 8 nitrogen and oxygen atoms in total. The molecule has 1 fully saturated rings. The van der Waals surface area contributed by atoms with Crippen LogP contribution in [0.2, 0.25) is 0 Å². The van der Waals surface area contributed by atoms with Gasteiger partial charge in [-0.15, -0.1) is 0 Å². The highest BCUT2D eigenvalue weighted by molar-refractivity contribution is 5.29. The van der Waals surface area contributed by atoms with Crippen molar-refractivity contribution in [2.45, 2.75) is 24.4 Å². The van der Waals surface area contributed by atoms with Gasteiger partial charge in [0.15, 0.2) is 0 Å². The second-order valence-corrected chi connectivity index (χ2v) is 4.08. The maximum absolute atomic E-state index is 9.93. The van der Waals surface area contributed by atoms with Gasteiger partial charge < -0.3 is 29.5 Å². The van der Waals surface area contributed by atoms with Gasteiger partial charge in [0.1, 0.15) is 24.4 Å². The van der Waals surface area contributed by atoms with Crippen molar-refractivity contribution in [1.29, 1.82) is 0 Å². The predicted molar refractivity (Wildman–Crippen MR) is 61.8 cm³/mol. The summed E-state index contributed by atoms with van der Waals surface area (Å²) >= 11 is 0. The van der Waals surface area contributed by atoms with Crippen LogP contribution in [0.3, 0.4) is 0 Å². The average Bonchev–Trinajstić information content (AvgIpc) is 2.74. The van der Waals surface area contributed by atoms with E-state index < -0.39 is 31.0 Å². The molecule has 2 rings (SSSR count). The number of rotatable bonds is 4. The first kappa shape index (κ1) is 13.9. The van der Waals surface area contributed by atoms with Crippen LogP contribution in [0.5, 0.6) is 11.9 Å². The molecule has 0 spiro atoms. The van der Waals surface area contributed by atoms with E-state index in [1.807, 2.05) is 0 Å². The maximum Gasteiger partial charge on any atom is 0.319 e. The number of aromatic nitrogens is 2. The van der Waals surface area contributed by atoms with Gasteiger partial charge in [-0.3, -0.25) is 0 Å². The summed E-state index contributed by atoms with van der Waals surface area (Å²) in [6, 6.07) is 0.118. The lowest BCUT2D eigenvalue weighted by Gasteiger charge is -2.16. The molecule has 3 N–H and O–H groups in total. The highest BCUT2D eigenvalue weighted by Crippen LogP contribution is 2.37. The van der Waals surface area contributed by atoms with Gasteiger partial charge in [0.05, 0.1) is 26.4 Å². The van der Waals surface area contributed by atoms with Crippen LogP contribution in [0.1, 0.15) is 11.7 Å². The molecule has 0 unspecified atom stereocenters. The van der Waals surface area contributed by atoms with Crippen LogP contribution < -0.4 is 9.47 Å². The molecule has 1 aromatic rings. The predicted octanol–water partition coefficient (Wildman–Crippen LogP) is -1.35. The molecule has 0 saturated carbocycles. The minimum Gasteiger partial charge on any atom is -0.481 e. The fourth-order valence-electron chi connectivity index (χ4n) is 1.97. The molecule has 1 aromatic heterocycles. The van der Waals surface area contributed by atoms with Crippen molar-refractivity contribution < 1.29 is 29.5 Å². The van der Waals surface area contributed by atoms with Crippen molar-refractivity contribution in [1.82, 2.24) is 9.97 Å². The first-order chi connectivity index (χ1) is 9.12. The van der Waals surface area contributed by atoms with Crippen LogP contribution in [0.4, 0.5) is 0 Å². The van der Waals surface area contributed by atoms with Gasteiger partial charge in [0, 0.05) is 6.20 Å². The molecular formula is C11H16N2O6. The third kappa shape index (κ3) is 2.47. The Morgan fingerprint density at radius 2 is 2.00 bits per heavy atom. The van der Waals surface area contributed by atoms with Gasteiger partial charge >= 0.3 is 6.01 Å². The van der Waals surface area contributed by atoms with Crippen LogP contribution in [-0.2, 0) is 4.74 Å². The fourth-order valence-corrected chi connectivity index (χ4v) is 1.97. The Bertz CT molecular complexity index is 443. The van der Waals surface area contributed by atoms with Crippen molar-refractivity contribution in [2.24, 2.45) is 0 Å². The highest BCUT2D eigenvalue weighted by Gasteiger charge is 2.44. The maximum atomic E-state index is 9.93. The molecule has 4 atom stereocenters. The first-order valence-electron chi connectivity index (χ1n) is 5.69. The molecule has 1 saturated heterocycles. The normalized spacial score (nSPS) is 30.4. The molecule has 0 aromatic carbocycles. The van der Waals surface area contributed by atoms with Crippen molar-refractivity contribution in [3.63, 3.8) is 0 Å². The quantitative estimate of drug-likeness (QED) is 0.616. The Morgan fingerprint density at radius 3 is 2.53 bits per heavy atom. The third-order valence-electron chi connectivity index (χ3n) is 2.98. The first-order valence-corrected chi connectivity index (χ1v) is 5.69.